The van der Waals surface area contributed by atoms with E-state index in [9.17, 15) is 14.7 Å². The number of H-pyrrole nitrogens is 1. The predicted molar refractivity (Wildman–Crippen MR) is 102 cm³/mol. The van der Waals surface area contributed by atoms with Gasteiger partial charge in [0, 0.05) is 25.1 Å². The van der Waals surface area contributed by atoms with Crippen LogP contribution < -0.4 is 0 Å². The zero-order valence-electron chi connectivity index (χ0n) is 15.5. The first-order valence-electron chi connectivity index (χ1n) is 9.26. The molecular formula is C21H21N3O4. The molecule has 0 bridgehead atoms. The molecule has 7 nitrogen and oxygen atoms in total. The highest BCUT2D eigenvalue weighted by Crippen LogP contribution is 2.29. The second kappa shape index (κ2) is 7.34. The largest absolute Gasteiger partial charge is 0.478 e. The minimum absolute atomic E-state index is 0.114. The van der Waals surface area contributed by atoms with Gasteiger partial charge in [0.15, 0.2) is 11.5 Å². The summed E-state index contributed by atoms with van der Waals surface area (Å²) in [6, 6.07) is 12.4. The van der Waals surface area contributed by atoms with Crippen LogP contribution in [0.5, 0.6) is 0 Å². The lowest BCUT2D eigenvalue weighted by molar-refractivity contribution is 0.0685. The highest BCUT2D eigenvalue weighted by Gasteiger charge is 2.27. The third kappa shape index (κ3) is 3.55. The number of furan rings is 1. The molecule has 144 valence electrons. The Hall–Kier alpha value is -3.35. The van der Waals surface area contributed by atoms with E-state index in [2.05, 4.69) is 10.2 Å². The number of aromatic nitrogens is 2. The summed E-state index contributed by atoms with van der Waals surface area (Å²) in [5, 5.41) is 16.2. The van der Waals surface area contributed by atoms with Gasteiger partial charge >= 0.3 is 5.97 Å². The molecule has 4 rings (SSSR count). The molecule has 0 spiro atoms. The molecule has 1 aliphatic heterocycles. The molecule has 0 radical (unpaired) electrons. The molecule has 0 saturated carbocycles. The van der Waals surface area contributed by atoms with Gasteiger partial charge in [-0.1, -0.05) is 12.1 Å². The van der Waals surface area contributed by atoms with Crippen molar-refractivity contribution in [2.24, 2.45) is 0 Å². The average Bonchev–Trinajstić information content (AvgIpc) is 3.37. The van der Waals surface area contributed by atoms with E-state index in [1.165, 1.54) is 0 Å². The topological polar surface area (TPSA) is 99.4 Å². The van der Waals surface area contributed by atoms with Crippen LogP contribution in [0.15, 0.2) is 46.9 Å². The fourth-order valence-corrected chi connectivity index (χ4v) is 3.66. The van der Waals surface area contributed by atoms with Crippen molar-refractivity contribution < 1.29 is 19.1 Å². The van der Waals surface area contributed by atoms with E-state index >= 15 is 0 Å². The highest BCUT2D eigenvalue weighted by molar-refractivity contribution is 5.93. The van der Waals surface area contributed by atoms with Gasteiger partial charge in [0.05, 0.1) is 5.56 Å². The number of hydrogen-bond donors (Lipinski definition) is 2. The summed E-state index contributed by atoms with van der Waals surface area (Å²) < 4.78 is 5.57. The molecular weight excluding hydrogens is 358 g/mol. The maximum atomic E-state index is 12.9. The second-order valence-corrected chi connectivity index (χ2v) is 7.10. The Kier molecular flexibility index (Phi) is 4.73. The van der Waals surface area contributed by atoms with Crippen molar-refractivity contribution in [3.8, 4) is 11.5 Å². The lowest BCUT2D eigenvalue weighted by Gasteiger charge is -2.32. The number of carbonyl (C=O) groups excluding carboxylic acids is 1. The van der Waals surface area contributed by atoms with Crippen molar-refractivity contribution in [1.29, 1.82) is 0 Å². The van der Waals surface area contributed by atoms with E-state index in [1.54, 1.807) is 29.2 Å². The van der Waals surface area contributed by atoms with E-state index < -0.39 is 5.97 Å². The molecule has 2 aromatic heterocycles. The van der Waals surface area contributed by atoms with Crippen LogP contribution in [0.1, 0.15) is 50.9 Å². The van der Waals surface area contributed by atoms with E-state index in [0.717, 1.165) is 24.2 Å². The number of benzene rings is 1. The minimum atomic E-state index is -0.942. The second-order valence-electron chi connectivity index (χ2n) is 7.10. The maximum Gasteiger partial charge on any atom is 0.335 e. The number of aromatic carboxylic acids is 1. The van der Waals surface area contributed by atoms with Gasteiger partial charge in [0.25, 0.3) is 5.91 Å². The van der Waals surface area contributed by atoms with Crippen molar-refractivity contribution in [3.05, 3.63) is 65.0 Å². The van der Waals surface area contributed by atoms with Crippen molar-refractivity contribution in [3.63, 3.8) is 0 Å². The fraction of sp³-hybridized carbons (Fsp3) is 0.286. The fourth-order valence-electron chi connectivity index (χ4n) is 3.66. The predicted octanol–water partition coefficient (Wildman–Crippen LogP) is 3.70. The van der Waals surface area contributed by atoms with Crippen LogP contribution in [0.25, 0.3) is 11.5 Å². The van der Waals surface area contributed by atoms with E-state index in [0.29, 0.717) is 30.2 Å². The molecule has 2 N–H and O–H groups in total. The van der Waals surface area contributed by atoms with Gasteiger partial charge in [-0.15, -0.1) is 0 Å². The van der Waals surface area contributed by atoms with E-state index in [-0.39, 0.29) is 17.4 Å². The molecule has 1 aliphatic rings. The van der Waals surface area contributed by atoms with Crippen LogP contribution in [0.4, 0.5) is 0 Å². The van der Waals surface area contributed by atoms with Crippen LogP contribution in [0.2, 0.25) is 0 Å². The molecule has 3 heterocycles. The van der Waals surface area contributed by atoms with Gasteiger partial charge in [-0.2, -0.15) is 5.10 Å². The van der Waals surface area contributed by atoms with Crippen molar-refractivity contribution >= 4 is 11.9 Å². The quantitative estimate of drug-likeness (QED) is 0.720. The normalized spacial score (nSPS) is 16.9. The molecule has 1 fully saturated rings. The Morgan fingerprint density at radius 2 is 2.11 bits per heavy atom. The molecule has 28 heavy (non-hydrogen) atoms. The van der Waals surface area contributed by atoms with Gasteiger partial charge in [-0.25, -0.2) is 4.79 Å². The summed E-state index contributed by atoms with van der Waals surface area (Å²) in [5.41, 5.74) is 2.24. The summed E-state index contributed by atoms with van der Waals surface area (Å²) in [4.78, 5) is 25.9. The first kappa shape index (κ1) is 18.0. The molecule has 1 amide bonds. The summed E-state index contributed by atoms with van der Waals surface area (Å²) in [6.07, 6.45) is 1.78. The van der Waals surface area contributed by atoms with Crippen LogP contribution >= 0.6 is 0 Å². The Morgan fingerprint density at radius 1 is 1.25 bits per heavy atom. The molecule has 7 heteroatoms. The molecule has 3 aromatic rings. The van der Waals surface area contributed by atoms with Crippen molar-refractivity contribution in [2.45, 2.75) is 25.7 Å². The Bertz CT molecular complexity index is 1020. The van der Waals surface area contributed by atoms with Gasteiger partial charge in [0.1, 0.15) is 11.5 Å². The van der Waals surface area contributed by atoms with Gasteiger partial charge < -0.3 is 14.4 Å². The smallest absolute Gasteiger partial charge is 0.335 e. The number of amides is 1. The van der Waals surface area contributed by atoms with Crippen molar-refractivity contribution in [1.82, 2.24) is 15.1 Å². The summed E-state index contributed by atoms with van der Waals surface area (Å²) in [5.74, 6) is 0.474. The van der Waals surface area contributed by atoms with Gasteiger partial charge in [0.2, 0.25) is 0 Å². The number of rotatable bonds is 4. The number of aromatic amines is 1. The SMILES string of the molecule is Cc1ccc(-c2cc(C(=O)N3CCCC(c4cccc(C(=O)O)c4)C3)n[nH]2)o1. The number of carboxylic acids is 1. The number of carbonyl (C=O) groups is 2. The molecule has 1 saturated heterocycles. The molecule has 1 aromatic carbocycles. The van der Waals surface area contributed by atoms with Gasteiger partial charge in [-0.3, -0.25) is 9.89 Å². The number of aryl methyl sites for hydroxylation is 1. The number of nitrogens with one attached hydrogen (secondary N) is 1. The number of nitrogens with zero attached hydrogens (tertiary/aromatic N) is 2. The van der Waals surface area contributed by atoms with E-state index in [1.807, 2.05) is 25.1 Å². The summed E-state index contributed by atoms with van der Waals surface area (Å²) in [7, 11) is 0. The first-order valence-corrected chi connectivity index (χ1v) is 9.26. The minimum Gasteiger partial charge on any atom is -0.478 e. The zero-order chi connectivity index (χ0) is 19.7. The molecule has 1 unspecified atom stereocenters. The number of hydrogen-bond acceptors (Lipinski definition) is 4. The molecule has 0 aliphatic carbocycles. The average molecular weight is 379 g/mol. The van der Waals surface area contributed by atoms with Gasteiger partial charge in [-0.05, 0) is 49.6 Å². The Labute approximate surface area is 162 Å². The summed E-state index contributed by atoms with van der Waals surface area (Å²) in [6.45, 7) is 3.07. The third-order valence-electron chi connectivity index (χ3n) is 5.12. The van der Waals surface area contributed by atoms with E-state index in [4.69, 9.17) is 4.42 Å². The summed E-state index contributed by atoms with van der Waals surface area (Å²) >= 11 is 0. The number of likely N-dealkylation sites (tertiary alicyclic amines) is 1. The van der Waals surface area contributed by atoms with Crippen LogP contribution in [0, 0.1) is 6.92 Å². The lowest BCUT2D eigenvalue weighted by Crippen LogP contribution is -2.39. The zero-order valence-corrected chi connectivity index (χ0v) is 15.5. The maximum absolute atomic E-state index is 12.9. The Balaban J connectivity index is 1.50. The third-order valence-corrected chi connectivity index (χ3v) is 5.12. The standard InChI is InChI=1S/C21H21N3O4/c1-13-7-8-19(28-13)17-11-18(23-22-17)20(25)24-9-3-6-16(12-24)14-4-2-5-15(10-14)21(26)27/h2,4-5,7-8,10-11,16H,3,6,9,12H2,1H3,(H,22,23)(H,26,27). The van der Waals surface area contributed by atoms with Crippen LogP contribution in [0.3, 0.4) is 0 Å². The molecule has 1 atom stereocenters. The highest BCUT2D eigenvalue weighted by atomic mass is 16.4. The number of piperidine rings is 1. The van der Waals surface area contributed by atoms with Crippen molar-refractivity contribution in [2.75, 3.05) is 13.1 Å². The lowest BCUT2D eigenvalue weighted by atomic mass is 9.89. The monoisotopic (exact) mass is 379 g/mol. The Morgan fingerprint density at radius 3 is 2.86 bits per heavy atom. The number of carboxylic acid groups (broad SMARTS) is 1. The van der Waals surface area contributed by atoms with Crippen LogP contribution in [-0.4, -0.2) is 45.2 Å². The first-order chi connectivity index (χ1) is 13.5. The van der Waals surface area contributed by atoms with Crippen LogP contribution in [-0.2, 0) is 0 Å².